The Hall–Kier alpha value is -3.51. The second kappa shape index (κ2) is 11.0. The summed E-state index contributed by atoms with van der Waals surface area (Å²) < 4.78 is 5.30. The molecule has 0 bridgehead atoms. The van der Waals surface area contributed by atoms with E-state index in [0.29, 0.717) is 29.8 Å². The van der Waals surface area contributed by atoms with Crippen molar-refractivity contribution in [2.24, 2.45) is 11.7 Å². The zero-order chi connectivity index (χ0) is 24.9. The lowest BCUT2D eigenvalue weighted by molar-refractivity contribution is 0.0877. The minimum atomic E-state index is -0.469. The number of nitrogens with two attached hydrogens (primary N) is 1. The van der Waals surface area contributed by atoms with Gasteiger partial charge in [0.2, 0.25) is 0 Å². The second-order valence-electron chi connectivity index (χ2n) is 9.94. The van der Waals surface area contributed by atoms with Crippen LogP contribution < -0.4 is 11.1 Å². The molecular weight excluding hydrogens is 450 g/mol. The van der Waals surface area contributed by atoms with Crippen LogP contribution in [0.4, 0.5) is 10.5 Å². The van der Waals surface area contributed by atoms with E-state index in [0.717, 1.165) is 55.3 Å². The van der Waals surface area contributed by atoms with Gasteiger partial charge in [-0.2, -0.15) is 0 Å². The molecule has 3 aromatic rings. The smallest absolute Gasteiger partial charge is 0.411 e. The highest BCUT2D eigenvalue weighted by atomic mass is 16.5. The number of carbonyl (C=O) groups is 2. The van der Waals surface area contributed by atoms with Crippen LogP contribution >= 0.6 is 0 Å². The second-order valence-corrected chi connectivity index (χ2v) is 9.94. The van der Waals surface area contributed by atoms with E-state index in [2.05, 4.69) is 28.5 Å². The van der Waals surface area contributed by atoms with E-state index in [1.807, 2.05) is 48.5 Å². The third-order valence-electron chi connectivity index (χ3n) is 7.38. The molecule has 0 spiro atoms. The fraction of sp³-hybridized carbons (Fsp3) is 0.367. The number of hydrogen-bond acceptors (Lipinski definition) is 5. The van der Waals surface area contributed by atoms with Crippen LogP contribution in [-0.4, -0.2) is 16.9 Å². The maximum absolute atomic E-state index is 13.4. The summed E-state index contributed by atoms with van der Waals surface area (Å²) in [6, 6.07) is 21.6. The van der Waals surface area contributed by atoms with Crippen LogP contribution in [0.2, 0.25) is 0 Å². The number of benzene rings is 2. The summed E-state index contributed by atoms with van der Waals surface area (Å²) in [7, 11) is 0. The highest BCUT2D eigenvalue weighted by Gasteiger charge is 2.33. The minimum Gasteiger partial charge on any atom is -0.444 e. The average molecular weight is 484 g/mol. The fourth-order valence-electron chi connectivity index (χ4n) is 5.14. The van der Waals surface area contributed by atoms with E-state index in [1.54, 1.807) is 0 Å². The van der Waals surface area contributed by atoms with E-state index in [4.69, 9.17) is 10.5 Å². The molecule has 3 N–H and O–H groups in total. The zero-order valence-corrected chi connectivity index (χ0v) is 20.5. The molecule has 0 atom stereocenters. The molecule has 2 saturated carbocycles. The number of ketones is 1. The monoisotopic (exact) mass is 483 g/mol. The van der Waals surface area contributed by atoms with Gasteiger partial charge in [0.1, 0.15) is 12.3 Å². The van der Waals surface area contributed by atoms with Gasteiger partial charge in [-0.25, -0.2) is 9.78 Å². The van der Waals surface area contributed by atoms with Gasteiger partial charge in [-0.3, -0.25) is 10.1 Å². The number of aromatic nitrogens is 1. The molecule has 2 aliphatic carbocycles. The highest BCUT2D eigenvalue weighted by Crippen LogP contribution is 2.43. The Kier molecular flexibility index (Phi) is 7.42. The fourth-order valence-corrected chi connectivity index (χ4v) is 5.14. The largest absolute Gasteiger partial charge is 0.444 e. The number of anilines is 1. The van der Waals surface area contributed by atoms with Crippen molar-refractivity contribution in [1.29, 1.82) is 0 Å². The Balaban J connectivity index is 1.14. The lowest BCUT2D eigenvalue weighted by atomic mass is 9.76. The van der Waals surface area contributed by atoms with Gasteiger partial charge in [-0.15, -0.1) is 0 Å². The Morgan fingerprint density at radius 2 is 1.56 bits per heavy atom. The van der Waals surface area contributed by atoms with E-state index < -0.39 is 6.09 Å². The number of hydrogen-bond donors (Lipinski definition) is 2. The van der Waals surface area contributed by atoms with Crippen molar-refractivity contribution in [3.8, 4) is 0 Å². The first kappa shape index (κ1) is 24.2. The van der Waals surface area contributed by atoms with Crippen LogP contribution in [0.25, 0.3) is 0 Å². The third-order valence-corrected chi connectivity index (χ3v) is 7.38. The van der Waals surface area contributed by atoms with E-state index >= 15 is 0 Å². The number of carbonyl (C=O) groups excluding carboxylic acids is 2. The van der Waals surface area contributed by atoms with Crippen LogP contribution in [0.5, 0.6) is 0 Å². The van der Waals surface area contributed by atoms with Gasteiger partial charge >= 0.3 is 6.09 Å². The SMILES string of the molecule is NCc1ccc(C2CC2)c(C(=O)C2CCC(c3ccc(NC(=O)OCc4ccccc4)cc3)CC2)n1. The molecule has 1 amide bonds. The average Bonchev–Trinajstić information content (AvgIpc) is 3.78. The molecule has 1 heterocycles. The van der Waals surface area contributed by atoms with Crippen molar-refractivity contribution in [2.45, 2.75) is 63.5 Å². The topological polar surface area (TPSA) is 94.3 Å². The quantitative estimate of drug-likeness (QED) is 0.366. The predicted molar refractivity (Wildman–Crippen MR) is 140 cm³/mol. The van der Waals surface area contributed by atoms with Gasteiger partial charge in [0.05, 0.1) is 5.69 Å². The molecule has 186 valence electrons. The zero-order valence-electron chi connectivity index (χ0n) is 20.5. The van der Waals surface area contributed by atoms with Gasteiger partial charge in [-0.1, -0.05) is 48.5 Å². The summed E-state index contributed by atoms with van der Waals surface area (Å²) in [6.45, 7) is 0.592. The lowest BCUT2D eigenvalue weighted by Crippen LogP contribution is -2.23. The molecule has 1 aromatic heterocycles. The number of Topliss-reactive ketones (excluding diaryl/α,β-unsaturated/α-hetero) is 1. The van der Waals surface area contributed by atoms with Gasteiger partial charge in [0, 0.05) is 18.2 Å². The van der Waals surface area contributed by atoms with Gasteiger partial charge < -0.3 is 10.5 Å². The Labute approximate surface area is 212 Å². The van der Waals surface area contributed by atoms with E-state index in [1.165, 1.54) is 5.56 Å². The van der Waals surface area contributed by atoms with Crippen LogP contribution in [0.1, 0.15) is 83.2 Å². The first-order valence-corrected chi connectivity index (χ1v) is 12.9. The number of amides is 1. The molecule has 0 unspecified atom stereocenters. The molecule has 0 saturated heterocycles. The van der Waals surface area contributed by atoms with Crippen molar-refractivity contribution < 1.29 is 14.3 Å². The Bertz CT molecular complexity index is 1200. The van der Waals surface area contributed by atoms with E-state index in [-0.39, 0.29) is 18.3 Å². The summed E-state index contributed by atoms with van der Waals surface area (Å²) in [6.07, 6.45) is 5.50. The van der Waals surface area contributed by atoms with Crippen molar-refractivity contribution in [3.05, 3.63) is 94.8 Å². The molecule has 36 heavy (non-hydrogen) atoms. The number of nitrogens with one attached hydrogen (secondary N) is 1. The van der Waals surface area contributed by atoms with E-state index in [9.17, 15) is 9.59 Å². The molecule has 2 aromatic carbocycles. The summed E-state index contributed by atoms with van der Waals surface area (Å²) in [5.74, 6) is 1.13. The first-order chi connectivity index (χ1) is 17.6. The molecule has 2 fully saturated rings. The van der Waals surface area contributed by atoms with Gasteiger partial charge in [0.15, 0.2) is 5.78 Å². The number of pyridine rings is 1. The molecule has 5 rings (SSSR count). The summed E-state index contributed by atoms with van der Waals surface area (Å²) in [5.41, 5.74) is 11.3. The standard InChI is InChI=1S/C30H33N3O3/c31-18-26-16-17-27(23-8-9-23)28(32-26)29(34)24-10-6-21(7-11-24)22-12-14-25(15-13-22)33-30(35)36-19-20-4-2-1-3-5-20/h1-5,12-17,21,23-24H,6-11,18-19,31H2,(H,33,35). The van der Waals surface area contributed by atoms with Crippen LogP contribution in [0.3, 0.4) is 0 Å². The maximum Gasteiger partial charge on any atom is 0.411 e. The molecule has 0 radical (unpaired) electrons. The molecule has 2 aliphatic rings. The van der Waals surface area contributed by atoms with Crippen molar-refractivity contribution in [3.63, 3.8) is 0 Å². The van der Waals surface area contributed by atoms with Crippen LogP contribution in [0, 0.1) is 5.92 Å². The number of ether oxygens (including phenoxy) is 1. The summed E-state index contributed by atoms with van der Waals surface area (Å²) in [5, 5.41) is 2.79. The Morgan fingerprint density at radius 1 is 0.861 bits per heavy atom. The number of nitrogens with zero attached hydrogens (tertiary/aromatic N) is 1. The molecule has 6 nitrogen and oxygen atoms in total. The molecule has 0 aliphatic heterocycles. The number of rotatable bonds is 8. The van der Waals surface area contributed by atoms with Crippen molar-refractivity contribution in [1.82, 2.24) is 4.98 Å². The first-order valence-electron chi connectivity index (χ1n) is 12.9. The summed E-state index contributed by atoms with van der Waals surface area (Å²) in [4.78, 5) is 30.2. The van der Waals surface area contributed by atoms with Gasteiger partial charge in [0.25, 0.3) is 0 Å². The predicted octanol–water partition coefficient (Wildman–Crippen LogP) is 6.32. The minimum absolute atomic E-state index is 0.0274. The molecular formula is C30H33N3O3. The normalized spacial score (nSPS) is 19.5. The van der Waals surface area contributed by atoms with Gasteiger partial charge in [-0.05, 0) is 85.3 Å². The van der Waals surface area contributed by atoms with Crippen molar-refractivity contribution >= 4 is 17.6 Å². The summed E-state index contributed by atoms with van der Waals surface area (Å²) >= 11 is 0. The van der Waals surface area contributed by atoms with Crippen molar-refractivity contribution in [2.75, 3.05) is 5.32 Å². The molecule has 6 heteroatoms. The third kappa shape index (κ3) is 5.82. The van der Waals surface area contributed by atoms with Crippen LogP contribution in [0.15, 0.2) is 66.7 Å². The Morgan fingerprint density at radius 3 is 2.22 bits per heavy atom. The maximum atomic E-state index is 13.4. The highest BCUT2D eigenvalue weighted by molar-refractivity contribution is 5.97. The van der Waals surface area contributed by atoms with Crippen LogP contribution in [-0.2, 0) is 17.9 Å². The lowest BCUT2D eigenvalue weighted by Gasteiger charge is -2.28.